The lowest BCUT2D eigenvalue weighted by atomic mass is 9.74. The van der Waals surface area contributed by atoms with Crippen LogP contribution in [0.4, 0.5) is 0 Å². The Kier molecular flexibility index (Phi) is 3.69. The normalized spacial score (nSPS) is 28.2. The zero-order valence-electron chi connectivity index (χ0n) is 14.0. The van der Waals surface area contributed by atoms with E-state index in [2.05, 4.69) is 29.2 Å². The Balaban J connectivity index is 1.62. The molecule has 4 heteroatoms. The van der Waals surface area contributed by atoms with Gasteiger partial charge in [0.25, 0.3) is 0 Å². The summed E-state index contributed by atoms with van der Waals surface area (Å²) in [6, 6.07) is 12.8. The molecule has 0 spiro atoms. The number of rotatable bonds is 2. The van der Waals surface area contributed by atoms with Gasteiger partial charge >= 0.3 is 0 Å². The van der Waals surface area contributed by atoms with Gasteiger partial charge in [0, 0.05) is 41.0 Å². The van der Waals surface area contributed by atoms with E-state index in [-0.39, 0.29) is 11.5 Å². The second-order valence-corrected chi connectivity index (χ2v) is 8.68. The molecule has 2 aliphatic carbocycles. The number of halogens is 2. The molecule has 1 saturated heterocycles. The fraction of sp³-hybridized carbons (Fsp3) is 0.429. The van der Waals surface area contributed by atoms with Gasteiger partial charge < -0.3 is 10.0 Å². The number of aliphatic hydroxyl groups is 1. The Hall–Kier alpha value is -1.06. The van der Waals surface area contributed by atoms with Crippen LogP contribution in [-0.4, -0.2) is 35.7 Å². The summed E-state index contributed by atoms with van der Waals surface area (Å²) in [5.74, 6) is 0.454. The second-order valence-electron chi connectivity index (χ2n) is 7.81. The van der Waals surface area contributed by atoms with Crippen LogP contribution in [0.25, 0.3) is 0 Å². The molecule has 0 radical (unpaired) electrons. The number of piperidine rings is 1. The largest absolute Gasteiger partial charge is 0.393 e. The van der Waals surface area contributed by atoms with Crippen molar-refractivity contribution in [3.63, 3.8) is 0 Å². The summed E-state index contributed by atoms with van der Waals surface area (Å²) < 4.78 is 0. The lowest BCUT2D eigenvalue weighted by molar-refractivity contribution is 0.0743. The summed E-state index contributed by atoms with van der Waals surface area (Å²) in [7, 11) is 0. The van der Waals surface area contributed by atoms with Crippen molar-refractivity contribution >= 4 is 23.2 Å². The zero-order chi connectivity index (χ0) is 17.2. The molecule has 2 aromatic carbocycles. The third kappa shape index (κ3) is 2.39. The standard InChI is InChI=1S/C21H21Cl2NO/c22-13-1-3-16-18-11-21(19(16)9-13,12-24-7-5-15(25)6-8-24)20-10-14(23)2-4-17(18)20/h1-4,9-10,15,18,25H,5-8,11-12H2. The quantitative estimate of drug-likeness (QED) is 0.832. The molecule has 1 heterocycles. The molecule has 2 bridgehead atoms. The van der Waals surface area contributed by atoms with E-state index < -0.39 is 0 Å². The molecule has 1 fully saturated rings. The maximum Gasteiger partial charge on any atom is 0.0564 e. The molecule has 130 valence electrons. The smallest absolute Gasteiger partial charge is 0.0564 e. The van der Waals surface area contributed by atoms with E-state index in [4.69, 9.17) is 23.2 Å². The second kappa shape index (κ2) is 5.72. The predicted molar refractivity (Wildman–Crippen MR) is 102 cm³/mol. The molecule has 0 aromatic heterocycles. The molecule has 3 aliphatic rings. The lowest BCUT2D eigenvalue weighted by Gasteiger charge is -2.39. The van der Waals surface area contributed by atoms with E-state index in [0.29, 0.717) is 5.92 Å². The number of benzene rings is 2. The van der Waals surface area contributed by atoms with E-state index in [0.717, 1.165) is 48.9 Å². The van der Waals surface area contributed by atoms with Crippen LogP contribution in [0, 0.1) is 0 Å². The van der Waals surface area contributed by atoms with Crippen molar-refractivity contribution in [2.45, 2.75) is 36.7 Å². The number of hydrogen-bond acceptors (Lipinski definition) is 2. The van der Waals surface area contributed by atoms with Crippen LogP contribution in [-0.2, 0) is 5.41 Å². The molecule has 0 unspecified atom stereocenters. The summed E-state index contributed by atoms with van der Waals surface area (Å²) in [4.78, 5) is 2.51. The summed E-state index contributed by atoms with van der Waals surface area (Å²) in [6.45, 7) is 2.90. The van der Waals surface area contributed by atoms with Crippen LogP contribution in [0.15, 0.2) is 36.4 Å². The van der Waals surface area contributed by atoms with Gasteiger partial charge in [0.15, 0.2) is 0 Å². The van der Waals surface area contributed by atoms with Gasteiger partial charge in [0.1, 0.15) is 0 Å². The first-order valence-corrected chi connectivity index (χ1v) is 9.83. The maximum atomic E-state index is 9.84. The van der Waals surface area contributed by atoms with Crippen molar-refractivity contribution in [2.24, 2.45) is 0 Å². The Labute approximate surface area is 158 Å². The van der Waals surface area contributed by atoms with Gasteiger partial charge in [-0.2, -0.15) is 0 Å². The summed E-state index contributed by atoms with van der Waals surface area (Å²) in [5, 5.41) is 11.5. The van der Waals surface area contributed by atoms with Gasteiger partial charge in [-0.3, -0.25) is 0 Å². The fourth-order valence-corrected chi connectivity index (χ4v) is 5.63. The lowest BCUT2D eigenvalue weighted by Crippen LogP contribution is -2.44. The Morgan fingerprint density at radius 1 is 0.960 bits per heavy atom. The first-order chi connectivity index (χ1) is 12.1. The van der Waals surface area contributed by atoms with Crippen LogP contribution in [0.5, 0.6) is 0 Å². The Morgan fingerprint density at radius 2 is 1.52 bits per heavy atom. The molecule has 5 rings (SSSR count). The Morgan fingerprint density at radius 3 is 2.08 bits per heavy atom. The number of likely N-dealkylation sites (tertiary alicyclic amines) is 1. The van der Waals surface area contributed by atoms with Gasteiger partial charge in [-0.25, -0.2) is 0 Å². The van der Waals surface area contributed by atoms with Crippen molar-refractivity contribution in [1.82, 2.24) is 4.90 Å². The van der Waals surface area contributed by atoms with Crippen molar-refractivity contribution in [3.05, 3.63) is 68.7 Å². The van der Waals surface area contributed by atoms with E-state index in [1.807, 2.05) is 12.1 Å². The van der Waals surface area contributed by atoms with Crippen LogP contribution in [0.1, 0.15) is 47.4 Å². The van der Waals surface area contributed by atoms with Gasteiger partial charge in [-0.15, -0.1) is 0 Å². The van der Waals surface area contributed by atoms with Crippen LogP contribution in [0.3, 0.4) is 0 Å². The number of hydrogen-bond donors (Lipinski definition) is 1. The van der Waals surface area contributed by atoms with Crippen molar-refractivity contribution in [1.29, 1.82) is 0 Å². The average molecular weight is 374 g/mol. The molecule has 0 atom stereocenters. The highest BCUT2D eigenvalue weighted by atomic mass is 35.5. The van der Waals surface area contributed by atoms with E-state index in [1.54, 1.807) is 0 Å². The minimum absolute atomic E-state index is 0.0204. The van der Waals surface area contributed by atoms with Crippen molar-refractivity contribution < 1.29 is 5.11 Å². The van der Waals surface area contributed by atoms with Crippen LogP contribution < -0.4 is 0 Å². The first-order valence-electron chi connectivity index (χ1n) is 9.07. The van der Waals surface area contributed by atoms with Crippen LogP contribution in [0.2, 0.25) is 10.0 Å². The molecule has 0 amide bonds. The van der Waals surface area contributed by atoms with Crippen LogP contribution >= 0.6 is 23.2 Å². The third-order valence-electron chi connectivity index (χ3n) is 6.42. The highest BCUT2D eigenvalue weighted by Crippen LogP contribution is 2.61. The number of nitrogens with zero attached hydrogens (tertiary/aromatic N) is 1. The highest BCUT2D eigenvalue weighted by molar-refractivity contribution is 6.31. The first kappa shape index (κ1) is 16.1. The fourth-order valence-electron chi connectivity index (χ4n) is 5.29. The van der Waals surface area contributed by atoms with Gasteiger partial charge in [0.2, 0.25) is 0 Å². The number of aliphatic hydroxyl groups excluding tert-OH is 1. The summed E-state index contributed by atoms with van der Waals surface area (Å²) >= 11 is 12.7. The maximum absolute atomic E-state index is 9.84. The molecule has 2 aromatic rings. The van der Waals surface area contributed by atoms with Gasteiger partial charge in [0.05, 0.1) is 6.10 Å². The third-order valence-corrected chi connectivity index (χ3v) is 6.89. The average Bonchev–Trinajstić information content (AvgIpc) is 3.08. The minimum atomic E-state index is -0.142. The summed E-state index contributed by atoms with van der Waals surface area (Å²) in [5.41, 5.74) is 5.59. The molecular formula is C21H21Cl2NO. The van der Waals surface area contributed by atoms with Gasteiger partial charge in [-0.05, 0) is 65.8 Å². The minimum Gasteiger partial charge on any atom is -0.393 e. The molecule has 25 heavy (non-hydrogen) atoms. The van der Waals surface area contributed by atoms with E-state index in [1.165, 1.54) is 22.3 Å². The zero-order valence-corrected chi connectivity index (χ0v) is 15.5. The molecule has 1 N–H and O–H groups in total. The topological polar surface area (TPSA) is 23.5 Å². The predicted octanol–water partition coefficient (Wildman–Crippen LogP) is 4.59. The monoisotopic (exact) mass is 373 g/mol. The van der Waals surface area contributed by atoms with E-state index in [9.17, 15) is 5.11 Å². The Bertz CT molecular complexity index is 788. The molecule has 1 aliphatic heterocycles. The molecule has 2 nitrogen and oxygen atoms in total. The molecular weight excluding hydrogens is 353 g/mol. The highest BCUT2D eigenvalue weighted by Gasteiger charge is 2.53. The van der Waals surface area contributed by atoms with Crippen molar-refractivity contribution in [2.75, 3.05) is 19.6 Å². The van der Waals surface area contributed by atoms with E-state index >= 15 is 0 Å². The SMILES string of the molecule is OC1CCN(CC23CC(c4ccc(Cl)cc42)c2ccc(Cl)cc23)CC1. The molecule has 0 saturated carbocycles. The summed E-state index contributed by atoms with van der Waals surface area (Å²) in [6.07, 6.45) is 2.70. The van der Waals surface area contributed by atoms with Crippen molar-refractivity contribution in [3.8, 4) is 0 Å². The number of fused-ring (bicyclic) bond motifs is 8. The van der Waals surface area contributed by atoms with Gasteiger partial charge in [-0.1, -0.05) is 35.3 Å².